The van der Waals surface area contributed by atoms with Crippen LogP contribution in [0.5, 0.6) is 0 Å². The van der Waals surface area contributed by atoms with E-state index in [1.54, 1.807) is 36.4 Å². The zero-order valence-electron chi connectivity index (χ0n) is 27.3. The van der Waals surface area contributed by atoms with Gasteiger partial charge in [0.15, 0.2) is 0 Å². The topological polar surface area (TPSA) is 177 Å². The summed E-state index contributed by atoms with van der Waals surface area (Å²) in [6.07, 6.45) is 2.70. The van der Waals surface area contributed by atoms with Crippen LogP contribution in [0.15, 0.2) is 60.1 Å². The minimum Gasteiger partial charge on any atom is -0.255 e. The summed E-state index contributed by atoms with van der Waals surface area (Å²) in [4.78, 5) is 15.7. The maximum absolute atomic E-state index is 10.4. The Morgan fingerprint density at radius 2 is 1.17 bits per heavy atom. The second kappa shape index (κ2) is 11.6. The fourth-order valence-electron chi connectivity index (χ4n) is 5.06. The van der Waals surface area contributed by atoms with Crippen molar-refractivity contribution in [3.05, 3.63) is 127 Å². The molecule has 0 amide bonds. The number of benzene rings is 3. The van der Waals surface area contributed by atoms with E-state index in [1.807, 2.05) is 23.6 Å². The van der Waals surface area contributed by atoms with E-state index in [0.29, 0.717) is 27.2 Å². The van der Waals surface area contributed by atoms with Crippen molar-refractivity contribution in [3.63, 3.8) is 0 Å². The molecule has 0 unspecified atom stereocenters. The third-order valence-corrected chi connectivity index (χ3v) is 8.05. The molecule has 0 aliphatic heterocycles. The molecule has 0 radical (unpaired) electrons. The van der Waals surface area contributed by atoms with Gasteiger partial charge in [-0.2, -0.15) is 31.6 Å². The van der Waals surface area contributed by atoms with Crippen LogP contribution in [0, 0.1) is 81.1 Å². The summed E-state index contributed by atoms with van der Waals surface area (Å²) in [6, 6.07) is 13.5. The van der Waals surface area contributed by atoms with Gasteiger partial charge in [0.1, 0.15) is 12.1 Å². The van der Waals surface area contributed by atoms with Gasteiger partial charge < -0.3 is 0 Å². The molecule has 0 aliphatic rings. The first-order valence-corrected chi connectivity index (χ1v) is 13.9. The maximum Gasteiger partial charge on any atom is 0.206 e. The number of pyridine rings is 2. The van der Waals surface area contributed by atoms with Crippen molar-refractivity contribution in [2.75, 3.05) is 0 Å². The third-order valence-electron chi connectivity index (χ3n) is 7.13. The lowest BCUT2D eigenvalue weighted by molar-refractivity contribution is 1.36. The summed E-state index contributed by atoms with van der Waals surface area (Å²) in [5, 5.41) is 62.9. The normalized spacial score (nSPS) is 12.7. The molecule has 10 nitrogen and oxygen atoms in total. The van der Waals surface area contributed by atoms with Crippen LogP contribution in [0.4, 0.5) is 11.4 Å². The van der Waals surface area contributed by atoms with Gasteiger partial charge in [-0.15, -0.1) is 11.3 Å². The molecule has 0 bridgehead atoms. The molecule has 0 fully saturated rings. The maximum atomic E-state index is 10.4. The van der Waals surface area contributed by atoms with Crippen molar-refractivity contribution in [2.24, 2.45) is 0 Å². The summed E-state index contributed by atoms with van der Waals surface area (Å²) < 4.78 is 35.3. The number of fused-ring (bicyclic) bond motifs is 6. The minimum absolute atomic E-state index is 0.108. The van der Waals surface area contributed by atoms with Crippen molar-refractivity contribution < 1.29 is 5.48 Å². The lowest BCUT2D eigenvalue weighted by atomic mass is 9.96. The molecule has 3 aromatic carbocycles. The van der Waals surface area contributed by atoms with E-state index in [1.165, 1.54) is 23.7 Å². The molecule has 47 heavy (non-hydrogen) atoms. The highest BCUT2D eigenvalue weighted by molar-refractivity contribution is 7.18. The van der Waals surface area contributed by atoms with Crippen molar-refractivity contribution in [3.8, 4) is 36.4 Å². The Hall–Kier alpha value is -7.90. The average molecular weight is 619 g/mol. The van der Waals surface area contributed by atoms with E-state index in [-0.39, 0.29) is 32.7 Å². The molecule has 11 heteroatoms. The first-order valence-electron chi connectivity index (χ1n) is 15.0. The molecule has 0 aliphatic carbocycles. The Morgan fingerprint density at radius 3 is 1.62 bits per heavy atom. The van der Waals surface area contributed by atoms with Gasteiger partial charge >= 0.3 is 0 Å². The van der Waals surface area contributed by atoms with Crippen molar-refractivity contribution >= 4 is 65.7 Å². The average Bonchev–Trinajstić information content (AvgIpc) is 3.65. The molecule has 3 aromatic heterocycles. The van der Waals surface area contributed by atoms with Crippen molar-refractivity contribution in [1.29, 1.82) is 31.6 Å². The Balaban J connectivity index is 1.81. The van der Waals surface area contributed by atoms with Crippen LogP contribution in [-0.2, 0) is 0 Å². The van der Waals surface area contributed by atoms with Gasteiger partial charge in [-0.3, -0.25) is 9.97 Å². The molecule has 0 spiro atoms. The van der Waals surface area contributed by atoms with Gasteiger partial charge in [-0.05, 0) is 58.9 Å². The van der Waals surface area contributed by atoms with Crippen LogP contribution < -0.4 is 10.4 Å². The Morgan fingerprint density at radius 1 is 0.681 bits per heavy atom. The second-order valence-corrected chi connectivity index (χ2v) is 10.4. The van der Waals surface area contributed by atoms with Gasteiger partial charge in [0.25, 0.3) is 0 Å². The van der Waals surface area contributed by atoms with Crippen LogP contribution in [0.25, 0.3) is 52.7 Å². The molecule has 0 atom stereocenters. The highest BCUT2D eigenvalue weighted by Gasteiger charge is 2.17. The predicted molar refractivity (Wildman–Crippen MR) is 172 cm³/mol. The molecular weight excluding hydrogens is 605 g/mol. The van der Waals surface area contributed by atoms with Crippen LogP contribution in [0.1, 0.15) is 38.9 Å². The lowest BCUT2D eigenvalue weighted by Gasteiger charge is -2.09. The number of thiophene rings is 1. The van der Waals surface area contributed by atoms with Crippen LogP contribution in [0.2, 0.25) is 0 Å². The van der Waals surface area contributed by atoms with Crippen molar-refractivity contribution in [1.82, 2.24) is 9.97 Å². The summed E-state index contributed by atoms with van der Waals surface area (Å²) in [5.41, 5.74) is -3.02. The molecular formula is C36H10N10S. The summed E-state index contributed by atoms with van der Waals surface area (Å²) >= 11 is 1.37. The summed E-state index contributed by atoms with van der Waals surface area (Å²) in [6.45, 7) is 15.1. The SMILES string of the molecule is [2H]c1c(C#N)c(C#N)c([N+]#[C-])c([2H])c1/C(C#N)=c1\cnc2c(c1)c1c/c(=C(\C#N)c3c([2H])c(C#N)c(C#N)c([N+]#[C-])c3[2H])cnc1c1sccc21. The molecule has 0 saturated heterocycles. The Bertz CT molecular complexity index is 2840. The van der Waals surface area contributed by atoms with Crippen LogP contribution in [0.3, 0.4) is 0 Å². The van der Waals surface area contributed by atoms with E-state index < -0.39 is 57.8 Å². The van der Waals surface area contributed by atoms with Crippen LogP contribution in [-0.4, -0.2) is 9.97 Å². The summed E-state index contributed by atoms with van der Waals surface area (Å²) in [7, 11) is 0. The number of rotatable bonds is 2. The largest absolute Gasteiger partial charge is 0.255 e. The van der Waals surface area contributed by atoms with E-state index in [4.69, 9.17) is 18.6 Å². The molecule has 0 N–H and O–H groups in total. The van der Waals surface area contributed by atoms with E-state index in [0.717, 1.165) is 4.70 Å². The van der Waals surface area contributed by atoms with E-state index >= 15 is 0 Å². The second-order valence-electron chi connectivity index (χ2n) is 9.50. The highest BCUT2D eigenvalue weighted by Crippen LogP contribution is 2.35. The molecule has 3 heterocycles. The molecule has 6 rings (SSSR count). The van der Waals surface area contributed by atoms with Gasteiger partial charge in [-0.25, -0.2) is 9.69 Å². The standard InChI is InChI=1S/C36H10N10S/c1-43-32-9-19(5-21(11-37)30(32)15-41)28(13-39)23-7-26-27-8-24(18-46-35(27)36-25(3-4-47-36)34(26)45-17-23)29(14-40)20-6-22(12-38)31(16-42)33(10-20)44-2/h3-10,17-18H/b28-23-,29-24-/i5D,6D,9D,10D. The third kappa shape index (κ3) is 4.58. The molecule has 6 aromatic rings. The quantitative estimate of drug-likeness (QED) is 0.167. The molecule has 0 saturated carbocycles. The van der Waals surface area contributed by atoms with Crippen molar-refractivity contribution in [2.45, 2.75) is 0 Å². The van der Waals surface area contributed by atoms with Gasteiger partial charge in [-0.1, -0.05) is 0 Å². The van der Waals surface area contributed by atoms with E-state index in [9.17, 15) is 31.6 Å². The van der Waals surface area contributed by atoms with Crippen LogP contribution >= 0.6 is 11.3 Å². The number of hydrogen-bond acceptors (Lipinski definition) is 9. The van der Waals surface area contributed by atoms with Gasteiger partial charge in [0.2, 0.25) is 11.4 Å². The minimum atomic E-state index is -0.576. The first-order chi connectivity index (χ1) is 24.6. The Kier molecular flexibility index (Phi) is 6.08. The number of nitrogens with zero attached hydrogens (tertiary/aromatic N) is 10. The summed E-state index contributed by atoms with van der Waals surface area (Å²) in [5.74, 6) is 0. The molecule has 210 valence electrons. The van der Waals surface area contributed by atoms with Gasteiger partial charge in [0.05, 0.1) is 89.3 Å². The number of nitriles is 6. The number of aromatic nitrogens is 2. The zero-order valence-corrected chi connectivity index (χ0v) is 24.2. The lowest BCUT2D eigenvalue weighted by Crippen LogP contribution is -2.10. The monoisotopic (exact) mass is 618 g/mol. The number of hydrogen-bond donors (Lipinski definition) is 0. The smallest absolute Gasteiger partial charge is 0.206 e. The fraction of sp³-hybridized carbons (Fsp3) is 0. The highest BCUT2D eigenvalue weighted by atomic mass is 32.1. The predicted octanol–water partition coefficient (Wildman–Crippen LogP) is 6.03. The Labute approximate surface area is 275 Å². The zero-order chi connectivity index (χ0) is 36.7. The first kappa shape index (κ1) is 24.5. The van der Waals surface area contributed by atoms with E-state index in [2.05, 4.69) is 19.7 Å². The van der Waals surface area contributed by atoms with Gasteiger partial charge in [0, 0.05) is 41.7 Å². The fourth-order valence-corrected chi connectivity index (χ4v) is 5.96.